The second-order valence-corrected chi connectivity index (χ2v) is 16.4. The Morgan fingerprint density at radius 3 is 1.72 bits per heavy atom. The first-order chi connectivity index (χ1) is 28.4. The lowest BCUT2D eigenvalue weighted by atomic mass is 9.99. The van der Waals surface area contributed by atoms with Crippen LogP contribution in [0.3, 0.4) is 0 Å². The van der Waals surface area contributed by atoms with Gasteiger partial charge in [0.1, 0.15) is 29.8 Å². The molecule has 3 rings (SSSR count). The van der Waals surface area contributed by atoms with E-state index in [2.05, 4.69) is 31.9 Å². The number of carboxylic acid groups (broad SMARTS) is 1. The van der Waals surface area contributed by atoms with Crippen LogP contribution < -0.4 is 31.9 Å². The lowest BCUT2D eigenvalue weighted by molar-refractivity contribution is -0.139. The normalized spacial score (nSPS) is 15.0. The van der Waals surface area contributed by atoms with Crippen LogP contribution in [0.1, 0.15) is 84.3 Å². The number of carbonyl (C=O) groups excluding carboxylic acids is 6. The van der Waals surface area contributed by atoms with E-state index in [1.807, 2.05) is 62.4 Å². The fourth-order valence-electron chi connectivity index (χ4n) is 6.70. The minimum absolute atomic E-state index is 0.0607. The third-order valence-corrected chi connectivity index (χ3v) is 9.67. The maximum Gasteiger partial charge on any atom is 0.408 e. The summed E-state index contributed by atoms with van der Waals surface area (Å²) in [5.74, 6) is -2.30. The molecule has 0 unspecified atom stereocenters. The maximum atomic E-state index is 14.3. The number of rotatable bonds is 20. The predicted molar refractivity (Wildman–Crippen MR) is 224 cm³/mol. The van der Waals surface area contributed by atoms with E-state index in [4.69, 9.17) is 14.6 Å². The minimum Gasteiger partial charge on any atom is -0.465 e. The number of likely N-dealkylation sites (tertiary alicyclic amines) is 1. The fourth-order valence-corrected chi connectivity index (χ4v) is 6.70. The quantitative estimate of drug-likeness (QED) is 0.0957. The zero-order valence-electron chi connectivity index (χ0n) is 35.6. The summed E-state index contributed by atoms with van der Waals surface area (Å²) in [5, 5.41) is 25.2. The van der Waals surface area contributed by atoms with Crippen molar-refractivity contribution in [3.05, 3.63) is 71.8 Å². The van der Waals surface area contributed by atoms with E-state index < -0.39 is 65.8 Å². The van der Waals surface area contributed by atoms with E-state index in [-0.39, 0.29) is 50.1 Å². The van der Waals surface area contributed by atoms with Gasteiger partial charge in [0.05, 0.1) is 7.11 Å². The van der Waals surface area contributed by atoms with Gasteiger partial charge in [-0.2, -0.15) is 0 Å². The molecule has 0 saturated carbocycles. The van der Waals surface area contributed by atoms with Crippen molar-refractivity contribution < 1.29 is 48.1 Å². The molecular formula is C43H63N7O10. The molecule has 0 spiro atoms. The SMILES string of the molecule is COC(=O)NC1CCN(C(=O)[C@@H](CCCCNC(=O)O)NC(=O)[C@@H](CC(C)C)NC(=O)[C@@H](Cc2ccccc2)NC(=O)[C@@H](Cc2ccccc2)NC(=O)OC(C)(C)C)CC1. The van der Waals surface area contributed by atoms with Gasteiger partial charge in [-0.1, -0.05) is 74.5 Å². The van der Waals surface area contributed by atoms with Gasteiger partial charge < -0.3 is 51.4 Å². The zero-order chi connectivity index (χ0) is 44.2. The molecule has 7 amide bonds. The van der Waals surface area contributed by atoms with Crippen molar-refractivity contribution >= 4 is 41.9 Å². The average Bonchev–Trinajstić information content (AvgIpc) is 3.19. The van der Waals surface area contributed by atoms with Gasteiger partial charge in [-0.15, -0.1) is 0 Å². The Morgan fingerprint density at radius 2 is 1.22 bits per heavy atom. The van der Waals surface area contributed by atoms with E-state index in [0.717, 1.165) is 11.1 Å². The van der Waals surface area contributed by atoms with Crippen molar-refractivity contribution in [3.8, 4) is 0 Å². The smallest absolute Gasteiger partial charge is 0.408 e. The molecule has 0 aliphatic carbocycles. The summed E-state index contributed by atoms with van der Waals surface area (Å²) in [6.45, 7) is 9.69. The fraction of sp³-hybridized carbons (Fsp3) is 0.558. The van der Waals surface area contributed by atoms with E-state index in [0.29, 0.717) is 38.8 Å². The first-order valence-corrected chi connectivity index (χ1v) is 20.5. The van der Waals surface area contributed by atoms with Crippen LogP contribution in [0.25, 0.3) is 0 Å². The summed E-state index contributed by atoms with van der Waals surface area (Å²) < 4.78 is 10.1. The molecular weight excluding hydrogens is 775 g/mol. The van der Waals surface area contributed by atoms with Crippen molar-refractivity contribution in [3.63, 3.8) is 0 Å². The Kier molecular flexibility index (Phi) is 19.6. The zero-order valence-corrected chi connectivity index (χ0v) is 35.6. The number of carbonyl (C=O) groups is 7. The van der Waals surface area contributed by atoms with Crippen LogP contribution in [-0.4, -0.2) is 114 Å². The van der Waals surface area contributed by atoms with Crippen molar-refractivity contribution in [1.82, 2.24) is 36.8 Å². The first kappa shape index (κ1) is 48.5. The standard InChI is InChI=1S/C43H63N7O10/c1-28(2)25-33(36(51)46-32(19-13-14-22-44-40(55)56)39(54)50-23-20-31(21-24-50)45-41(57)59-6)47-37(52)34(26-29-15-9-7-10-16-29)48-38(53)35(27-30-17-11-8-12-18-30)49-42(58)60-43(3,4)5/h7-12,15-18,28,31-35,44H,13-14,19-27H2,1-6H3,(H,45,57)(H,46,51)(H,47,52)(H,48,53)(H,49,58)(H,55,56)/t32-,33-,34-,35-/m1/s1. The van der Waals surface area contributed by atoms with Gasteiger partial charge in [0.15, 0.2) is 0 Å². The Bertz CT molecular complexity index is 1710. The van der Waals surface area contributed by atoms with Crippen LogP contribution in [-0.2, 0) is 41.5 Å². The number of methoxy groups -OCH3 is 1. The second kappa shape index (κ2) is 24.3. The van der Waals surface area contributed by atoms with Crippen LogP contribution in [0.15, 0.2) is 60.7 Å². The van der Waals surface area contributed by atoms with Gasteiger partial charge in [-0.05, 0) is 76.3 Å². The highest BCUT2D eigenvalue weighted by atomic mass is 16.6. The summed E-state index contributed by atoms with van der Waals surface area (Å²) in [5.41, 5.74) is 0.660. The number of nitrogens with zero attached hydrogens (tertiary/aromatic N) is 1. The molecule has 17 heteroatoms. The number of benzene rings is 2. The topological polar surface area (TPSA) is 234 Å². The summed E-state index contributed by atoms with van der Waals surface area (Å²) in [4.78, 5) is 93.7. The molecule has 1 aliphatic heterocycles. The molecule has 2 aromatic rings. The van der Waals surface area contributed by atoms with Gasteiger partial charge in [-0.25, -0.2) is 14.4 Å². The number of piperidine rings is 1. The predicted octanol–water partition coefficient (Wildman–Crippen LogP) is 3.65. The van der Waals surface area contributed by atoms with Gasteiger partial charge in [-0.3, -0.25) is 19.2 Å². The molecule has 0 aromatic heterocycles. The van der Waals surface area contributed by atoms with E-state index >= 15 is 0 Å². The van der Waals surface area contributed by atoms with Crippen molar-refractivity contribution in [2.75, 3.05) is 26.7 Å². The molecule has 330 valence electrons. The second-order valence-electron chi connectivity index (χ2n) is 16.4. The lowest BCUT2D eigenvalue weighted by Gasteiger charge is -2.35. The van der Waals surface area contributed by atoms with Gasteiger partial charge in [0, 0.05) is 38.5 Å². The molecule has 60 heavy (non-hydrogen) atoms. The highest BCUT2D eigenvalue weighted by Gasteiger charge is 2.34. The number of amides is 7. The summed E-state index contributed by atoms with van der Waals surface area (Å²) in [6, 6.07) is 13.5. The third-order valence-electron chi connectivity index (χ3n) is 9.67. The monoisotopic (exact) mass is 837 g/mol. The molecule has 1 saturated heterocycles. The molecule has 1 fully saturated rings. The number of alkyl carbamates (subject to hydrolysis) is 2. The largest absolute Gasteiger partial charge is 0.465 e. The molecule has 4 atom stereocenters. The van der Waals surface area contributed by atoms with Crippen LogP contribution in [0.5, 0.6) is 0 Å². The van der Waals surface area contributed by atoms with E-state index in [1.165, 1.54) is 7.11 Å². The Balaban J connectivity index is 1.85. The highest BCUT2D eigenvalue weighted by Crippen LogP contribution is 2.16. The van der Waals surface area contributed by atoms with Crippen LogP contribution >= 0.6 is 0 Å². The van der Waals surface area contributed by atoms with Gasteiger partial charge >= 0.3 is 18.3 Å². The minimum atomic E-state index is -1.18. The molecule has 1 aliphatic rings. The van der Waals surface area contributed by atoms with Gasteiger partial charge in [0.25, 0.3) is 0 Å². The van der Waals surface area contributed by atoms with Gasteiger partial charge in [0.2, 0.25) is 23.6 Å². The van der Waals surface area contributed by atoms with Crippen LogP contribution in [0, 0.1) is 5.92 Å². The Labute approximate surface area is 352 Å². The number of unbranched alkanes of at least 4 members (excludes halogenated alkanes) is 1. The molecule has 1 heterocycles. The molecule has 0 bridgehead atoms. The number of hydrogen-bond acceptors (Lipinski definition) is 9. The summed E-state index contributed by atoms with van der Waals surface area (Å²) in [7, 11) is 1.27. The first-order valence-electron chi connectivity index (χ1n) is 20.5. The molecule has 17 nitrogen and oxygen atoms in total. The number of ether oxygens (including phenoxy) is 2. The van der Waals surface area contributed by atoms with E-state index in [9.17, 15) is 33.6 Å². The van der Waals surface area contributed by atoms with Crippen molar-refractivity contribution in [2.45, 2.75) is 122 Å². The molecule has 2 aromatic carbocycles. The van der Waals surface area contributed by atoms with Crippen molar-refractivity contribution in [1.29, 1.82) is 0 Å². The third kappa shape index (κ3) is 18.0. The number of nitrogens with one attached hydrogen (secondary N) is 6. The average molecular weight is 838 g/mol. The van der Waals surface area contributed by atoms with Crippen LogP contribution in [0.2, 0.25) is 0 Å². The molecule has 7 N–H and O–H groups in total. The lowest BCUT2D eigenvalue weighted by Crippen LogP contribution is -2.59. The van der Waals surface area contributed by atoms with E-state index in [1.54, 1.807) is 37.8 Å². The Morgan fingerprint density at radius 1 is 0.717 bits per heavy atom. The maximum absolute atomic E-state index is 14.3. The summed E-state index contributed by atoms with van der Waals surface area (Å²) >= 11 is 0. The number of hydrogen-bond donors (Lipinski definition) is 7. The van der Waals surface area contributed by atoms with Crippen molar-refractivity contribution in [2.24, 2.45) is 5.92 Å². The Hall–Kier alpha value is -5.87. The molecule has 0 radical (unpaired) electrons. The van der Waals surface area contributed by atoms with Crippen LogP contribution in [0.4, 0.5) is 14.4 Å². The highest BCUT2D eigenvalue weighted by molar-refractivity contribution is 5.95. The summed E-state index contributed by atoms with van der Waals surface area (Å²) in [6.07, 6.45) is -0.190.